The van der Waals surface area contributed by atoms with Crippen molar-refractivity contribution < 1.29 is 21.2 Å². The van der Waals surface area contributed by atoms with E-state index in [0.717, 1.165) is 5.41 Å². The molecular formula is C8H15IN-. The van der Waals surface area contributed by atoms with E-state index in [2.05, 4.69) is 10.2 Å². The van der Waals surface area contributed by atoms with Crippen molar-refractivity contribution in [3.05, 3.63) is 0 Å². The van der Waals surface area contributed by atoms with Crippen molar-refractivity contribution in [2.45, 2.75) is 23.2 Å². The minimum atomic E-state index is 0.544. The van der Waals surface area contributed by atoms with Crippen molar-refractivity contribution in [2.24, 2.45) is 5.41 Å². The fourth-order valence-electron chi connectivity index (χ4n) is 2.04. The van der Waals surface area contributed by atoms with E-state index in [1.807, 2.05) is 0 Å². The van der Waals surface area contributed by atoms with E-state index < -0.39 is 0 Å². The van der Waals surface area contributed by atoms with Gasteiger partial charge in [-0.05, 0) is 0 Å². The first-order valence-corrected chi connectivity index (χ1v) is 7.46. The second kappa shape index (κ2) is 2.63. The molecule has 1 heterocycles. The van der Waals surface area contributed by atoms with Crippen LogP contribution < -0.4 is 26.5 Å². The van der Waals surface area contributed by atoms with E-state index in [4.69, 9.17) is 0 Å². The number of hydrogen-bond donors (Lipinski definition) is 1. The molecular weight excluding hydrogens is 237 g/mol. The summed E-state index contributed by atoms with van der Waals surface area (Å²) >= 11 is 0.544. The van der Waals surface area contributed by atoms with E-state index in [1.165, 1.54) is 29.9 Å². The Labute approximate surface area is 73.2 Å². The predicted molar refractivity (Wildman–Crippen MR) is 38.9 cm³/mol. The summed E-state index contributed by atoms with van der Waals surface area (Å²) in [6.45, 7) is 2.61. The second-order valence-electron chi connectivity index (χ2n) is 3.53. The molecule has 0 aromatic heterocycles. The third-order valence-electron chi connectivity index (χ3n) is 2.86. The van der Waals surface area contributed by atoms with Crippen LogP contribution in [0.4, 0.5) is 0 Å². The van der Waals surface area contributed by atoms with E-state index in [9.17, 15) is 0 Å². The van der Waals surface area contributed by atoms with Crippen LogP contribution >= 0.6 is 0 Å². The van der Waals surface area contributed by atoms with Crippen molar-refractivity contribution in [3.8, 4) is 0 Å². The Balaban J connectivity index is 1.92. The number of rotatable bonds is 1. The van der Waals surface area contributed by atoms with Crippen LogP contribution in [0, 0.1) is 5.41 Å². The molecule has 0 radical (unpaired) electrons. The number of nitrogens with one attached hydrogen (secondary N) is 1. The van der Waals surface area contributed by atoms with E-state index in [0.29, 0.717) is 21.2 Å². The molecule has 1 spiro atoms. The monoisotopic (exact) mass is 252 g/mol. The molecule has 2 rings (SSSR count). The molecule has 0 bridgehead atoms. The first-order chi connectivity index (χ1) is 4.87. The molecule has 1 saturated carbocycles. The molecule has 2 aliphatic rings. The van der Waals surface area contributed by atoms with E-state index in [1.54, 1.807) is 6.42 Å². The fourth-order valence-corrected chi connectivity index (χ4v) is 5.21. The topological polar surface area (TPSA) is 12.0 Å². The Morgan fingerprint density at radius 3 is 3.00 bits per heavy atom. The molecule has 1 N–H and O–H groups in total. The molecule has 1 nitrogen and oxygen atoms in total. The number of piperidine rings is 1. The maximum atomic E-state index is 3.52. The molecule has 10 heavy (non-hydrogen) atoms. The Bertz CT molecular complexity index is 129. The Morgan fingerprint density at radius 1 is 1.60 bits per heavy atom. The number of halogens is 1. The van der Waals surface area contributed by atoms with Crippen LogP contribution in [-0.2, 0) is 0 Å². The van der Waals surface area contributed by atoms with Gasteiger partial charge in [0.05, 0.1) is 0 Å². The second-order valence-corrected chi connectivity index (χ2v) is 6.28. The van der Waals surface area contributed by atoms with Gasteiger partial charge in [0.2, 0.25) is 0 Å². The summed E-state index contributed by atoms with van der Waals surface area (Å²) in [6, 6.07) is 0. The van der Waals surface area contributed by atoms with Crippen molar-refractivity contribution in [1.29, 1.82) is 0 Å². The van der Waals surface area contributed by atoms with Gasteiger partial charge in [-0.3, -0.25) is 0 Å². The maximum absolute atomic E-state index is 3.52. The van der Waals surface area contributed by atoms with Crippen molar-refractivity contribution in [3.63, 3.8) is 0 Å². The molecule has 60 valence electrons. The van der Waals surface area contributed by atoms with Crippen LogP contribution in [0.15, 0.2) is 0 Å². The first kappa shape index (κ1) is 7.35. The molecule has 0 aromatic carbocycles. The molecule has 0 amide bonds. The molecule has 1 saturated heterocycles. The van der Waals surface area contributed by atoms with Crippen molar-refractivity contribution >= 4 is 0 Å². The normalized spacial score (nSPS) is 46.3. The number of hydrogen-bond acceptors (Lipinski definition) is 1. The van der Waals surface area contributed by atoms with Gasteiger partial charge in [-0.15, -0.1) is 0 Å². The van der Waals surface area contributed by atoms with E-state index >= 15 is 0 Å². The summed E-state index contributed by atoms with van der Waals surface area (Å²) in [5.74, 6) is 0. The van der Waals surface area contributed by atoms with Gasteiger partial charge in [0.15, 0.2) is 0 Å². The molecule has 1 aliphatic carbocycles. The van der Waals surface area contributed by atoms with Crippen LogP contribution in [0.5, 0.6) is 0 Å². The van der Waals surface area contributed by atoms with Gasteiger partial charge in [-0.25, -0.2) is 0 Å². The van der Waals surface area contributed by atoms with Gasteiger partial charge in [-0.2, -0.15) is 0 Å². The van der Waals surface area contributed by atoms with Crippen LogP contribution in [0.2, 0.25) is 0 Å². The zero-order valence-corrected chi connectivity index (χ0v) is 8.65. The van der Waals surface area contributed by atoms with Crippen molar-refractivity contribution in [2.75, 3.05) is 18.0 Å². The minimum absolute atomic E-state index is 0.544. The molecule has 2 atom stereocenters. The first-order valence-electron chi connectivity index (χ1n) is 4.06. The summed E-state index contributed by atoms with van der Waals surface area (Å²) < 4.78 is 1.18. The van der Waals surface area contributed by atoms with Gasteiger partial charge in [0, 0.05) is 0 Å². The average Bonchev–Trinajstić information content (AvgIpc) is 2.65. The zero-order valence-electron chi connectivity index (χ0n) is 6.49. The quantitative estimate of drug-likeness (QED) is 0.414. The summed E-state index contributed by atoms with van der Waals surface area (Å²) in [5.41, 5.74) is 0.834. The molecule has 0 aromatic rings. The van der Waals surface area contributed by atoms with Crippen LogP contribution in [0.1, 0.15) is 19.3 Å². The standard InChI is InChI=1S/C8H15IN/c1-9-7-5-8(7)3-2-4-10-6-8/h7,10H,2-6H2,1H3/q-1. The van der Waals surface area contributed by atoms with Crippen molar-refractivity contribution in [1.82, 2.24) is 5.32 Å². The Morgan fingerprint density at radius 2 is 2.50 bits per heavy atom. The molecule has 2 heteroatoms. The van der Waals surface area contributed by atoms with Gasteiger partial charge in [0.25, 0.3) is 0 Å². The molecule has 1 aliphatic heterocycles. The SMILES string of the molecule is C[I-]C1CC12CCCNC2. The summed E-state index contributed by atoms with van der Waals surface area (Å²) in [4.78, 5) is 2.44. The third-order valence-corrected chi connectivity index (χ3v) is 6.12. The van der Waals surface area contributed by atoms with Crippen LogP contribution in [-0.4, -0.2) is 21.9 Å². The van der Waals surface area contributed by atoms with Crippen LogP contribution in [0.25, 0.3) is 0 Å². The Hall–Kier alpha value is 0.690. The number of alkyl halides is 2. The Kier molecular flexibility index (Phi) is 1.93. The van der Waals surface area contributed by atoms with Gasteiger partial charge >= 0.3 is 73.1 Å². The summed E-state index contributed by atoms with van der Waals surface area (Å²) in [6.07, 6.45) is 4.52. The average molecular weight is 252 g/mol. The van der Waals surface area contributed by atoms with Gasteiger partial charge in [0.1, 0.15) is 0 Å². The summed E-state index contributed by atoms with van der Waals surface area (Å²) in [5, 5.41) is 3.52. The zero-order chi connectivity index (χ0) is 7.03. The van der Waals surface area contributed by atoms with Gasteiger partial charge < -0.3 is 0 Å². The fraction of sp³-hybridized carbons (Fsp3) is 1.00. The van der Waals surface area contributed by atoms with Crippen LogP contribution in [0.3, 0.4) is 0 Å². The predicted octanol–water partition coefficient (Wildman–Crippen LogP) is -2.15. The molecule has 2 fully saturated rings. The van der Waals surface area contributed by atoms with E-state index in [-0.39, 0.29) is 0 Å². The van der Waals surface area contributed by atoms with Gasteiger partial charge in [-0.1, -0.05) is 0 Å². The third kappa shape index (κ3) is 1.09. The summed E-state index contributed by atoms with van der Waals surface area (Å²) in [7, 11) is 0. The molecule has 2 unspecified atom stereocenters.